The average molecular weight is 416 g/mol. The Morgan fingerprint density at radius 1 is 1.14 bits per heavy atom. The third-order valence-corrected chi connectivity index (χ3v) is 6.49. The molecule has 1 unspecified atom stereocenters. The van der Waals surface area contributed by atoms with E-state index in [0.29, 0.717) is 13.0 Å². The summed E-state index contributed by atoms with van der Waals surface area (Å²) in [5.41, 5.74) is 2.12. The molecule has 0 aromatic heterocycles. The lowest BCUT2D eigenvalue weighted by Gasteiger charge is -2.17. The lowest BCUT2D eigenvalue weighted by molar-refractivity contribution is -0.121. The SMILES string of the molecule is CCC(C)NS(=O)(=O)c1ccc(C(=O)OCC(=O)N2CCc3ccccc32)cc1. The van der Waals surface area contributed by atoms with Crippen molar-refractivity contribution in [2.75, 3.05) is 18.1 Å². The molecule has 0 bridgehead atoms. The topological polar surface area (TPSA) is 92.8 Å². The van der Waals surface area contributed by atoms with Crippen molar-refractivity contribution in [2.45, 2.75) is 37.6 Å². The predicted molar refractivity (Wildman–Crippen MR) is 109 cm³/mol. The van der Waals surface area contributed by atoms with E-state index in [2.05, 4.69) is 4.72 Å². The molecule has 2 aromatic rings. The quantitative estimate of drug-likeness (QED) is 0.700. The van der Waals surface area contributed by atoms with Crippen molar-refractivity contribution >= 4 is 27.6 Å². The van der Waals surface area contributed by atoms with Crippen LogP contribution in [0.1, 0.15) is 36.2 Å². The number of amides is 1. The Hall–Kier alpha value is -2.71. The van der Waals surface area contributed by atoms with Crippen LogP contribution in [0.25, 0.3) is 0 Å². The molecule has 1 amide bonds. The summed E-state index contributed by atoms with van der Waals surface area (Å²) in [5, 5.41) is 0. The summed E-state index contributed by atoms with van der Waals surface area (Å²) in [6.07, 6.45) is 1.44. The fourth-order valence-electron chi connectivity index (χ4n) is 3.07. The number of anilines is 1. The van der Waals surface area contributed by atoms with E-state index in [-0.39, 0.29) is 29.0 Å². The van der Waals surface area contributed by atoms with E-state index in [1.165, 1.54) is 24.3 Å². The number of hydrogen-bond donors (Lipinski definition) is 1. The Morgan fingerprint density at radius 3 is 2.52 bits per heavy atom. The first-order valence-electron chi connectivity index (χ1n) is 9.49. The zero-order valence-electron chi connectivity index (χ0n) is 16.4. The molecule has 0 spiro atoms. The highest BCUT2D eigenvalue weighted by Gasteiger charge is 2.25. The summed E-state index contributed by atoms with van der Waals surface area (Å²) in [6.45, 7) is 3.85. The molecule has 1 aliphatic rings. The lowest BCUT2D eigenvalue weighted by atomic mass is 10.2. The van der Waals surface area contributed by atoms with Gasteiger partial charge in [-0.1, -0.05) is 25.1 Å². The number of nitrogens with zero attached hydrogens (tertiary/aromatic N) is 1. The number of carbonyl (C=O) groups is 2. The Labute approximate surface area is 170 Å². The van der Waals surface area contributed by atoms with Crippen molar-refractivity contribution < 1.29 is 22.7 Å². The van der Waals surface area contributed by atoms with E-state index in [1.807, 2.05) is 31.2 Å². The Kier molecular flexibility index (Phi) is 6.34. The molecular formula is C21H24N2O5S. The molecule has 2 aromatic carbocycles. The van der Waals surface area contributed by atoms with Gasteiger partial charge in [-0.2, -0.15) is 0 Å². The molecule has 0 aliphatic carbocycles. The Balaban J connectivity index is 1.60. The molecule has 1 heterocycles. The molecule has 0 saturated carbocycles. The molecule has 1 atom stereocenters. The van der Waals surface area contributed by atoms with E-state index >= 15 is 0 Å². The second-order valence-electron chi connectivity index (χ2n) is 6.96. The molecule has 1 N–H and O–H groups in total. The van der Waals surface area contributed by atoms with Crippen LogP contribution in [0.3, 0.4) is 0 Å². The lowest BCUT2D eigenvalue weighted by Crippen LogP contribution is -2.33. The maximum atomic E-state index is 12.4. The number of esters is 1. The number of benzene rings is 2. The molecule has 7 nitrogen and oxygen atoms in total. The third kappa shape index (κ3) is 4.83. The fourth-order valence-corrected chi connectivity index (χ4v) is 4.40. The van der Waals surface area contributed by atoms with Crippen LogP contribution >= 0.6 is 0 Å². The minimum absolute atomic E-state index is 0.0686. The monoisotopic (exact) mass is 416 g/mol. The van der Waals surface area contributed by atoms with Gasteiger partial charge in [0.2, 0.25) is 10.0 Å². The van der Waals surface area contributed by atoms with Crippen LogP contribution < -0.4 is 9.62 Å². The van der Waals surface area contributed by atoms with E-state index in [4.69, 9.17) is 4.74 Å². The van der Waals surface area contributed by atoms with E-state index in [1.54, 1.807) is 11.8 Å². The van der Waals surface area contributed by atoms with Gasteiger partial charge in [0.25, 0.3) is 5.91 Å². The summed E-state index contributed by atoms with van der Waals surface area (Å²) in [4.78, 5) is 26.3. The van der Waals surface area contributed by atoms with Gasteiger partial charge in [0.05, 0.1) is 10.5 Å². The van der Waals surface area contributed by atoms with E-state index in [9.17, 15) is 18.0 Å². The van der Waals surface area contributed by atoms with Crippen molar-refractivity contribution in [3.05, 3.63) is 59.7 Å². The van der Waals surface area contributed by atoms with Crippen LogP contribution in [0.4, 0.5) is 5.69 Å². The Bertz CT molecular complexity index is 1000. The van der Waals surface area contributed by atoms with Crippen LogP contribution in [0, 0.1) is 0 Å². The number of hydrogen-bond acceptors (Lipinski definition) is 5. The molecule has 154 valence electrons. The van der Waals surface area contributed by atoms with Gasteiger partial charge in [-0.25, -0.2) is 17.9 Å². The molecule has 1 aliphatic heterocycles. The summed E-state index contributed by atoms with van der Waals surface area (Å²) >= 11 is 0. The van der Waals surface area contributed by atoms with Crippen molar-refractivity contribution in [1.29, 1.82) is 0 Å². The van der Waals surface area contributed by atoms with Crippen LogP contribution in [0.15, 0.2) is 53.4 Å². The van der Waals surface area contributed by atoms with Crippen LogP contribution in [0.5, 0.6) is 0 Å². The smallest absolute Gasteiger partial charge is 0.338 e. The molecule has 0 radical (unpaired) electrons. The number of fused-ring (bicyclic) bond motifs is 1. The highest BCUT2D eigenvalue weighted by Crippen LogP contribution is 2.27. The number of sulfonamides is 1. The average Bonchev–Trinajstić information content (AvgIpc) is 3.15. The van der Waals surface area contributed by atoms with Crippen molar-refractivity contribution in [1.82, 2.24) is 4.72 Å². The summed E-state index contributed by atoms with van der Waals surface area (Å²) < 4.78 is 32.2. The molecule has 0 fully saturated rings. The molecule has 0 saturated heterocycles. The highest BCUT2D eigenvalue weighted by atomic mass is 32.2. The van der Waals surface area contributed by atoms with Crippen LogP contribution in [-0.2, 0) is 26.0 Å². The first-order valence-corrected chi connectivity index (χ1v) is 11.0. The van der Waals surface area contributed by atoms with Crippen LogP contribution in [-0.4, -0.2) is 39.5 Å². The number of ether oxygens (including phenoxy) is 1. The van der Waals surface area contributed by atoms with Gasteiger partial charge in [0.15, 0.2) is 6.61 Å². The standard InChI is InChI=1S/C21H24N2O5S/c1-3-15(2)22-29(26,27)18-10-8-17(9-11-18)21(25)28-14-20(24)23-13-12-16-6-4-5-7-19(16)23/h4-11,15,22H,3,12-14H2,1-2H3. The first-order chi connectivity index (χ1) is 13.8. The molecule has 8 heteroatoms. The van der Waals surface area contributed by atoms with Crippen molar-refractivity contribution in [2.24, 2.45) is 0 Å². The number of para-hydroxylation sites is 1. The normalized spacial score (nSPS) is 14.3. The summed E-state index contributed by atoms with van der Waals surface area (Å²) in [6, 6.07) is 12.9. The van der Waals surface area contributed by atoms with Gasteiger partial charge in [0.1, 0.15) is 0 Å². The van der Waals surface area contributed by atoms with Gasteiger partial charge in [-0.3, -0.25) is 4.79 Å². The van der Waals surface area contributed by atoms with Gasteiger partial charge in [0, 0.05) is 18.3 Å². The largest absolute Gasteiger partial charge is 0.452 e. The minimum atomic E-state index is -3.64. The second-order valence-corrected chi connectivity index (χ2v) is 8.67. The van der Waals surface area contributed by atoms with Gasteiger partial charge in [-0.15, -0.1) is 0 Å². The zero-order valence-corrected chi connectivity index (χ0v) is 17.2. The highest BCUT2D eigenvalue weighted by molar-refractivity contribution is 7.89. The zero-order chi connectivity index (χ0) is 21.0. The first kappa shape index (κ1) is 21.0. The van der Waals surface area contributed by atoms with Crippen molar-refractivity contribution in [3.63, 3.8) is 0 Å². The molecular weight excluding hydrogens is 392 g/mol. The summed E-state index contributed by atoms with van der Waals surface area (Å²) in [7, 11) is -3.64. The fraction of sp³-hybridized carbons (Fsp3) is 0.333. The number of carbonyl (C=O) groups excluding carboxylic acids is 2. The number of rotatable bonds is 7. The van der Waals surface area contributed by atoms with E-state index in [0.717, 1.165) is 17.7 Å². The molecule has 3 rings (SSSR count). The van der Waals surface area contributed by atoms with Gasteiger partial charge in [-0.05, 0) is 55.7 Å². The maximum Gasteiger partial charge on any atom is 0.338 e. The summed E-state index contributed by atoms with van der Waals surface area (Å²) in [5.74, 6) is -0.968. The van der Waals surface area contributed by atoms with Crippen molar-refractivity contribution in [3.8, 4) is 0 Å². The maximum absolute atomic E-state index is 12.4. The van der Waals surface area contributed by atoms with E-state index < -0.39 is 16.0 Å². The molecule has 29 heavy (non-hydrogen) atoms. The second kappa shape index (κ2) is 8.75. The van der Waals surface area contributed by atoms with Gasteiger partial charge >= 0.3 is 5.97 Å². The minimum Gasteiger partial charge on any atom is -0.452 e. The number of nitrogens with one attached hydrogen (secondary N) is 1. The van der Waals surface area contributed by atoms with Gasteiger partial charge < -0.3 is 9.64 Å². The Morgan fingerprint density at radius 2 is 1.83 bits per heavy atom. The predicted octanol–water partition coefficient (Wildman–Crippen LogP) is 2.51. The third-order valence-electron chi connectivity index (χ3n) is 4.88. The van der Waals surface area contributed by atoms with Crippen LogP contribution in [0.2, 0.25) is 0 Å².